The molecule has 0 unspecified atom stereocenters. The normalized spacial score (nSPS) is 11.7. The number of carboxylic acids is 1. The average molecular weight is 473 g/mol. The molecule has 0 saturated carbocycles. The van der Waals surface area contributed by atoms with E-state index >= 15 is 0 Å². The van der Waals surface area contributed by atoms with Crippen LogP contribution in [-0.4, -0.2) is 53.6 Å². The van der Waals surface area contributed by atoms with E-state index in [0.717, 1.165) is 9.54 Å². The van der Waals surface area contributed by atoms with Crippen LogP contribution in [0.1, 0.15) is 5.56 Å². The number of alkyl halides is 3. The number of hydrogen-bond donors (Lipinski definition) is 1. The van der Waals surface area contributed by atoms with Crippen molar-refractivity contribution in [2.24, 2.45) is 0 Å². The number of aliphatic carboxylic acids is 1. The van der Waals surface area contributed by atoms with Crippen LogP contribution in [0.5, 0.6) is 0 Å². The Morgan fingerprint density at radius 1 is 1.16 bits per heavy atom. The third-order valence-corrected chi connectivity index (χ3v) is 5.58. The lowest BCUT2D eigenvalue weighted by molar-refractivity contribution is -0.192. The highest BCUT2D eigenvalue weighted by atomic mass is 32.2. The minimum absolute atomic E-state index is 0.0552. The van der Waals surface area contributed by atoms with E-state index in [2.05, 4.69) is 4.98 Å². The predicted molar refractivity (Wildman–Crippen MR) is 108 cm³/mol. The molecule has 172 valence electrons. The number of carboxylic acid groups (broad SMARTS) is 1. The number of halogens is 4. The standard InChI is InChI=1S/C18H18FN3O2S.C2HF3O2/c1-21(2)12-14-10-18(16-7-3-4-8-17(16)19)22(13-14)25(23,24)15-6-5-9-20-11-15;3-2(4,5)1(6)7/h3-11,13H,12H2,1-2H3;(H,6,7). The molecule has 7 nitrogen and oxygen atoms in total. The topological polar surface area (TPSA) is 92.5 Å². The Bertz CT molecular complexity index is 1180. The molecule has 12 heteroatoms. The fourth-order valence-corrected chi connectivity index (χ4v) is 3.98. The van der Waals surface area contributed by atoms with Crippen LogP contribution in [0.25, 0.3) is 11.3 Å². The Kier molecular flexibility index (Phi) is 7.75. The van der Waals surface area contributed by atoms with Crippen molar-refractivity contribution < 1.29 is 35.9 Å². The predicted octanol–water partition coefficient (Wildman–Crippen LogP) is 3.62. The van der Waals surface area contributed by atoms with Gasteiger partial charge in [-0.2, -0.15) is 13.2 Å². The van der Waals surface area contributed by atoms with Crippen LogP contribution in [0.3, 0.4) is 0 Å². The second-order valence-electron chi connectivity index (χ2n) is 6.74. The van der Waals surface area contributed by atoms with E-state index in [1.165, 1.54) is 30.7 Å². The molecule has 0 saturated heterocycles. The third-order valence-electron chi connectivity index (χ3n) is 3.92. The number of aromatic nitrogens is 2. The number of carbonyl (C=O) groups is 1. The molecule has 3 aromatic rings. The summed E-state index contributed by atoms with van der Waals surface area (Å²) < 4.78 is 73.2. The van der Waals surface area contributed by atoms with E-state index < -0.39 is 28.0 Å². The Morgan fingerprint density at radius 3 is 2.28 bits per heavy atom. The number of rotatable bonds is 5. The maximum Gasteiger partial charge on any atom is 0.490 e. The lowest BCUT2D eigenvalue weighted by Gasteiger charge is -2.11. The van der Waals surface area contributed by atoms with E-state index in [1.807, 2.05) is 19.0 Å². The minimum atomic E-state index is -5.08. The largest absolute Gasteiger partial charge is 0.490 e. The molecule has 2 heterocycles. The zero-order valence-electron chi connectivity index (χ0n) is 16.9. The zero-order valence-corrected chi connectivity index (χ0v) is 17.7. The lowest BCUT2D eigenvalue weighted by Crippen LogP contribution is -2.21. The summed E-state index contributed by atoms with van der Waals surface area (Å²) >= 11 is 0. The fourth-order valence-electron chi connectivity index (χ4n) is 2.63. The van der Waals surface area contributed by atoms with Gasteiger partial charge in [-0.15, -0.1) is 0 Å². The molecule has 0 aliphatic heterocycles. The van der Waals surface area contributed by atoms with Crippen LogP contribution in [0, 0.1) is 5.82 Å². The van der Waals surface area contributed by atoms with Gasteiger partial charge in [-0.3, -0.25) is 4.98 Å². The second kappa shape index (κ2) is 9.92. The van der Waals surface area contributed by atoms with Crippen molar-refractivity contribution in [3.63, 3.8) is 0 Å². The summed E-state index contributed by atoms with van der Waals surface area (Å²) in [7, 11) is -0.111. The Labute approximate surface area is 181 Å². The summed E-state index contributed by atoms with van der Waals surface area (Å²) in [6.45, 7) is 0.539. The van der Waals surface area contributed by atoms with Crippen LogP contribution in [-0.2, 0) is 21.4 Å². The molecule has 0 bridgehead atoms. The Balaban J connectivity index is 0.000000451. The van der Waals surface area contributed by atoms with E-state index in [1.54, 1.807) is 30.3 Å². The summed E-state index contributed by atoms with van der Waals surface area (Å²) in [6.07, 6.45) is -0.764. The monoisotopic (exact) mass is 473 g/mol. The van der Waals surface area contributed by atoms with Gasteiger partial charge in [0.05, 0.1) is 5.69 Å². The highest BCUT2D eigenvalue weighted by Crippen LogP contribution is 2.29. The van der Waals surface area contributed by atoms with Crippen LogP contribution in [0.2, 0.25) is 0 Å². The fraction of sp³-hybridized carbons (Fsp3) is 0.200. The molecule has 1 N–H and O–H groups in total. The van der Waals surface area contributed by atoms with Crippen molar-refractivity contribution in [3.05, 3.63) is 72.4 Å². The van der Waals surface area contributed by atoms with E-state index in [4.69, 9.17) is 9.90 Å². The van der Waals surface area contributed by atoms with Gasteiger partial charge in [0.15, 0.2) is 0 Å². The van der Waals surface area contributed by atoms with Crippen molar-refractivity contribution in [1.29, 1.82) is 0 Å². The smallest absolute Gasteiger partial charge is 0.475 e. The molecule has 2 aromatic heterocycles. The Hall–Kier alpha value is -3.25. The minimum Gasteiger partial charge on any atom is -0.475 e. The molecular formula is C20H19F4N3O4S. The summed E-state index contributed by atoms with van der Waals surface area (Å²) in [6, 6.07) is 10.9. The highest BCUT2D eigenvalue weighted by Gasteiger charge is 2.38. The molecule has 1 aromatic carbocycles. The van der Waals surface area contributed by atoms with Crippen LogP contribution in [0.15, 0.2) is 66.0 Å². The van der Waals surface area contributed by atoms with Crippen LogP contribution < -0.4 is 0 Å². The zero-order chi connectivity index (χ0) is 24.1. The van der Waals surface area contributed by atoms with Gasteiger partial charge in [-0.25, -0.2) is 21.6 Å². The summed E-state index contributed by atoms with van der Waals surface area (Å²) in [5.74, 6) is -3.23. The molecule has 0 aliphatic rings. The van der Waals surface area contributed by atoms with E-state index in [9.17, 15) is 26.0 Å². The third kappa shape index (κ3) is 6.14. The number of benzene rings is 1. The van der Waals surface area contributed by atoms with Crippen molar-refractivity contribution in [2.45, 2.75) is 17.6 Å². The molecule has 0 radical (unpaired) electrons. The van der Waals surface area contributed by atoms with Gasteiger partial charge in [-0.05, 0) is 50.0 Å². The molecule has 3 rings (SSSR count). The van der Waals surface area contributed by atoms with E-state index in [-0.39, 0.29) is 10.5 Å². The van der Waals surface area contributed by atoms with Gasteiger partial charge >= 0.3 is 12.1 Å². The summed E-state index contributed by atoms with van der Waals surface area (Å²) in [5.41, 5.74) is 1.30. The molecule has 32 heavy (non-hydrogen) atoms. The highest BCUT2D eigenvalue weighted by molar-refractivity contribution is 7.90. The lowest BCUT2D eigenvalue weighted by atomic mass is 10.1. The van der Waals surface area contributed by atoms with Crippen molar-refractivity contribution in [3.8, 4) is 11.3 Å². The first-order chi connectivity index (χ1) is 14.8. The number of pyridine rings is 1. The van der Waals surface area contributed by atoms with Gasteiger partial charge < -0.3 is 10.0 Å². The number of hydrogen-bond acceptors (Lipinski definition) is 5. The first-order valence-electron chi connectivity index (χ1n) is 8.90. The molecule has 0 atom stereocenters. The first-order valence-corrected chi connectivity index (χ1v) is 10.3. The summed E-state index contributed by atoms with van der Waals surface area (Å²) in [5, 5.41) is 7.12. The number of nitrogens with zero attached hydrogens (tertiary/aromatic N) is 3. The molecule has 0 fully saturated rings. The van der Waals surface area contributed by atoms with Gasteiger partial charge in [-0.1, -0.05) is 12.1 Å². The molecular weight excluding hydrogens is 454 g/mol. The van der Waals surface area contributed by atoms with Crippen molar-refractivity contribution in [1.82, 2.24) is 13.9 Å². The Morgan fingerprint density at radius 2 is 1.78 bits per heavy atom. The van der Waals surface area contributed by atoms with Gasteiger partial charge in [0.2, 0.25) is 0 Å². The summed E-state index contributed by atoms with van der Waals surface area (Å²) in [4.78, 5) is 14.7. The van der Waals surface area contributed by atoms with Gasteiger partial charge in [0.25, 0.3) is 10.0 Å². The van der Waals surface area contributed by atoms with Crippen LogP contribution >= 0.6 is 0 Å². The molecule has 0 aliphatic carbocycles. The average Bonchev–Trinajstić information content (AvgIpc) is 3.12. The van der Waals surface area contributed by atoms with Gasteiger partial charge in [0, 0.05) is 30.7 Å². The maximum absolute atomic E-state index is 14.3. The SMILES string of the molecule is CN(C)Cc1cc(-c2ccccc2F)n(S(=O)(=O)c2cccnc2)c1.O=C(O)C(F)(F)F. The first kappa shape index (κ1) is 25.0. The van der Waals surface area contributed by atoms with E-state index in [0.29, 0.717) is 12.2 Å². The molecule has 0 amide bonds. The quantitative estimate of drug-likeness (QED) is 0.569. The van der Waals surface area contributed by atoms with Crippen molar-refractivity contribution in [2.75, 3.05) is 14.1 Å². The van der Waals surface area contributed by atoms with Gasteiger partial charge in [0.1, 0.15) is 10.7 Å². The van der Waals surface area contributed by atoms with Crippen molar-refractivity contribution >= 4 is 16.0 Å². The molecule has 0 spiro atoms. The maximum atomic E-state index is 14.3. The van der Waals surface area contributed by atoms with Crippen LogP contribution in [0.4, 0.5) is 17.6 Å². The second-order valence-corrected chi connectivity index (χ2v) is 8.56.